The second-order valence-corrected chi connectivity index (χ2v) is 14.9. The number of halogens is 2. The molecule has 10 nitrogen and oxygen atoms in total. The first-order chi connectivity index (χ1) is 22.5. The van der Waals surface area contributed by atoms with Crippen LogP contribution in [0.3, 0.4) is 0 Å². The van der Waals surface area contributed by atoms with Crippen LogP contribution in [0.1, 0.15) is 66.8 Å². The van der Waals surface area contributed by atoms with Gasteiger partial charge in [0.1, 0.15) is 17.8 Å². The zero-order valence-corrected chi connectivity index (χ0v) is 28.0. The second kappa shape index (κ2) is 13.3. The van der Waals surface area contributed by atoms with Crippen LogP contribution in [-0.4, -0.2) is 68.0 Å². The maximum atomic E-state index is 14.3. The molecule has 5 rings (SSSR count). The summed E-state index contributed by atoms with van der Waals surface area (Å²) in [5, 5.41) is 2.91. The molecule has 2 heterocycles. The predicted molar refractivity (Wildman–Crippen MR) is 177 cm³/mol. The summed E-state index contributed by atoms with van der Waals surface area (Å²) in [5.74, 6) is -1.33. The van der Waals surface area contributed by atoms with Crippen LogP contribution in [0.2, 0.25) is 0 Å². The first-order valence-electron chi connectivity index (χ1n) is 15.6. The standard InChI is InChI=1S/C35H39F2N4O6P/c1-34(2,3)30(39-31(42)27-21-24-20-25(17-18-26(24)38-27)35(36,37)48(45,46)47)33(44)41-19-11-16-28(41)32(43)40(4)29(22-12-7-5-8-13-22)23-14-9-6-10-15-23/h5-10,12-15,17-18,20-21,28-30,38H,11,16,19H2,1-4H3,(H,39,42)(H2,45,46,47)/t28-,30?/m0/s1. The third kappa shape index (κ3) is 6.92. The summed E-state index contributed by atoms with van der Waals surface area (Å²) in [6, 6.07) is 21.4. The van der Waals surface area contributed by atoms with Gasteiger partial charge in [0.15, 0.2) is 0 Å². The van der Waals surface area contributed by atoms with E-state index in [1.54, 1.807) is 32.7 Å². The van der Waals surface area contributed by atoms with Crippen molar-refractivity contribution < 1.29 is 37.5 Å². The molecule has 0 bridgehead atoms. The zero-order valence-electron chi connectivity index (χ0n) is 27.1. The maximum absolute atomic E-state index is 14.3. The van der Waals surface area contributed by atoms with E-state index in [-0.39, 0.29) is 28.5 Å². The summed E-state index contributed by atoms with van der Waals surface area (Å²) < 4.78 is 40.0. The van der Waals surface area contributed by atoms with Crippen molar-refractivity contribution in [3.8, 4) is 0 Å². The molecule has 0 aliphatic carbocycles. The largest absolute Gasteiger partial charge is 0.399 e. The molecule has 1 fully saturated rings. The van der Waals surface area contributed by atoms with Crippen LogP contribution in [0, 0.1) is 5.41 Å². The van der Waals surface area contributed by atoms with Gasteiger partial charge in [-0.05, 0) is 47.6 Å². The van der Waals surface area contributed by atoms with Crippen molar-refractivity contribution in [3.05, 3.63) is 107 Å². The van der Waals surface area contributed by atoms with Gasteiger partial charge in [-0.15, -0.1) is 0 Å². The molecule has 1 aliphatic rings. The Morgan fingerprint density at radius 2 is 1.54 bits per heavy atom. The lowest BCUT2D eigenvalue weighted by atomic mass is 9.85. The summed E-state index contributed by atoms with van der Waals surface area (Å²) in [6.45, 7) is 5.70. The number of benzene rings is 3. The molecular weight excluding hydrogens is 641 g/mol. The fraction of sp³-hybridized carbons (Fsp3) is 0.343. The Hall–Kier alpha value is -4.38. The van der Waals surface area contributed by atoms with Gasteiger partial charge in [0.2, 0.25) is 11.8 Å². The molecule has 3 amide bonds. The van der Waals surface area contributed by atoms with Gasteiger partial charge in [-0.25, -0.2) is 0 Å². The Bertz CT molecular complexity index is 1820. The predicted octanol–water partition coefficient (Wildman–Crippen LogP) is 5.78. The van der Waals surface area contributed by atoms with Crippen molar-refractivity contribution in [2.75, 3.05) is 13.6 Å². The number of carbonyl (C=O) groups is 3. The molecule has 1 unspecified atom stereocenters. The molecule has 13 heteroatoms. The van der Waals surface area contributed by atoms with Crippen molar-refractivity contribution >= 4 is 36.2 Å². The highest BCUT2D eigenvalue weighted by molar-refractivity contribution is 7.52. The molecule has 0 radical (unpaired) electrons. The molecule has 2 atom stereocenters. The Kier molecular flexibility index (Phi) is 9.65. The van der Waals surface area contributed by atoms with E-state index in [0.717, 1.165) is 23.3 Å². The number of nitrogens with one attached hydrogen (secondary N) is 2. The summed E-state index contributed by atoms with van der Waals surface area (Å²) in [6.07, 6.45) is 1.06. The third-order valence-corrected chi connectivity index (χ3v) is 9.74. The second-order valence-electron chi connectivity index (χ2n) is 13.2. The van der Waals surface area contributed by atoms with Gasteiger partial charge in [0, 0.05) is 30.1 Å². The lowest BCUT2D eigenvalue weighted by Crippen LogP contribution is -2.58. The number of aromatic nitrogens is 1. The number of hydrogen-bond donors (Lipinski definition) is 4. The number of nitrogens with zero attached hydrogens (tertiary/aromatic N) is 2. The first kappa shape index (κ1) is 34.9. The summed E-state index contributed by atoms with van der Waals surface area (Å²) in [7, 11) is -4.06. The molecule has 1 saturated heterocycles. The van der Waals surface area contributed by atoms with Gasteiger partial charge in [-0.1, -0.05) is 87.5 Å². The number of rotatable bonds is 9. The lowest BCUT2D eigenvalue weighted by molar-refractivity contribution is -0.146. The fourth-order valence-electron chi connectivity index (χ4n) is 6.19. The number of hydrogen-bond acceptors (Lipinski definition) is 4. The fourth-order valence-corrected chi connectivity index (χ4v) is 6.67. The number of fused-ring (bicyclic) bond motifs is 1. The molecule has 4 N–H and O–H groups in total. The highest BCUT2D eigenvalue weighted by Crippen LogP contribution is 2.59. The van der Waals surface area contributed by atoms with Gasteiger partial charge < -0.3 is 29.9 Å². The van der Waals surface area contributed by atoms with Crippen molar-refractivity contribution in [2.24, 2.45) is 5.41 Å². The Labute approximate surface area is 277 Å². The molecular formula is C35H39F2N4O6P. The van der Waals surface area contributed by atoms with Gasteiger partial charge in [0.05, 0.1) is 6.04 Å². The average Bonchev–Trinajstić information content (AvgIpc) is 3.70. The Morgan fingerprint density at radius 1 is 0.958 bits per heavy atom. The smallest absolute Gasteiger partial charge is 0.351 e. The number of H-pyrrole nitrogens is 1. The van der Waals surface area contributed by atoms with Crippen LogP contribution in [0.15, 0.2) is 84.9 Å². The van der Waals surface area contributed by atoms with Crippen molar-refractivity contribution in [1.29, 1.82) is 0 Å². The minimum Gasteiger partial charge on any atom is -0.351 e. The van der Waals surface area contributed by atoms with Crippen molar-refractivity contribution in [2.45, 2.75) is 57.4 Å². The highest BCUT2D eigenvalue weighted by atomic mass is 31.2. The van der Waals surface area contributed by atoms with Gasteiger partial charge in [0.25, 0.3) is 5.91 Å². The maximum Gasteiger partial charge on any atom is 0.399 e. The van der Waals surface area contributed by atoms with Crippen LogP contribution in [0.25, 0.3) is 10.9 Å². The monoisotopic (exact) mass is 680 g/mol. The summed E-state index contributed by atoms with van der Waals surface area (Å²) in [5.41, 5.74) is -4.00. The van der Waals surface area contributed by atoms with Crippen LogP contribution in [-0.2, 0) is 19.8 Å². The lowest BCUT2D eigenvalue weighted by Gasteiger charge is -2.37. The van der Waals surface area contributed by atoms with Crippen LogP contribution in [0.4, 0.5) is 8.78 Å². The van der Waals surface area contributed by atoms with Gasteiger partial charge in [-0.2, -0.15) is 8.78 Å². The third-order valence-electron chi connectivity index (χ3n) is 8.75. The number of likely N-dealkylation sites (N-methyl/N-ethyl adjacent to an activating group) is 1. The molecule has 0 spiro atoms. The van der Waals surface area contributed by atoms with E-state index >= 15 is 0 Å². The molecule has 48 heavy (non-hydrogen) atoms. The normalized spacial score (nSPS) is 16.3. The minimum absolute atomic E-state index is 0.0361. The van der Waals surface area contributed by atoms with Crippen LogP contribution >= 0.6 is 7.60 Å². The van der Waals surface area contributed by atoms with E-state index in [4.69, 9.17) is 9.79 Å². The summed E-state index contributed by atoms with van der Waals surface area (Å²) in [4.78, 5) is 66.1. The number of likely N-dealkylation sites (tertiary alicyclic amines) is 1. The van der Waals surface area contributed by atoms with E-state index in [1.165, 1.54) is 17.0 Å². The van der Waals surface area contributed by atoms with Crippen molar-refractivity contribution in [3.63, 3.8) is 0 Å². The minimum atomic E-state index is -5.79. The van der Waals surface area contributed by atoms with Crippen LogP contribution in [0.5, 0.6) is 0 Å². The molecule has 254 valence electrons. The van der Waals surface area contributed by atoms with E-state index in [0.29, 0.717) is 19.4 Å². The molecule has 1 aromatic heterocycles. The quantitative estimate of drug-likeness (QED) is 0.165. The van der Waals surface area contributed by atoms with Crippen LogP contribution < -0.4 is 5.32 Å². The van der Waals surface area contributed by atoms with Crippen molar-refractivity contribution in [1.82, 2.24) is 20.1 Å². The molecule has 1 aliphatic heterocycles. The first-order valence-corrected chi connectivity index (χ1v) is 17.2. The Balaban J connectivity index is 1.38. The van der Waals surface area contributed by atoms with E-state index in [9.17, 15) is 27.7 Å². The van der Waals surface area contributed by atoms with E-state index in [1.807, 2.05) is 60.7 Å². The Morgan fingerprint density at radius 3 is 2.08 bits per heavy atom. The van der Waals surface area contributed by atoms with E-state index in [2.05, 4.69) is 10.3 Å². The van der Waals surface area contributed by atoms with Gasteiger partial charge in [-0.3, -0.25) is 18.9 Å². The topological polar surface area (TPSA) is 143 Å². The highest BCUT2D eigenvalue weighted by Gasteiger charge is 2.50. The number of aromatic amines is 1. The number of alkyl halides is 2. The van der Waals surface area contributed by atoms with Gasteiger partial charge >= 0.3 is 13.3 Å². The van der Waals surface area contributed by atoms with E-state index < -0.39 is 48.1 Å². The average molecular weight is 681 g/mol. The molecule has 4 aromatic rings. The SMILES string of the molecule is CN(C(=O)[C@@H]1CCCN1C(=O)C(NC(=O)c1cc2cc(C(F)(F)P(=O)(O)O)ccc2[nH]1)C(C)(C)C)C(c1ccccc1)c1ccccc1. The molecule has 3 aromatic carbocycles. The zero-order chi connectivity index (χ0) is 35.0. The number of amides is 3. The number of carbonyl (C=O) groups excluding carboxylic acids is 3. The summed E-state index contributed by atoms with van der Waals surface area (Å²) >= 11 is 0. The molecule has 0 saturated carbocycles.